The largest absolute Gasteiger partial charge is 0.501 e. The third-order valence-electron chi connectivity index (χ3n) is 4.82. The maximum absolute atomic E-state index is 12.1. The summed E-state index contributed by atoms with van der Waals surface area (Å²) in [5, 5.41) is 28.9. The lowest BCUT2D eigenvalue weighted by Crippen LogP contribution is -2.20. The molecule has 0 spiro atoms. The van der Waals surface area contributed by atoms with Gasteiger partial charge in [-0.2, -0.15) is 10.5 Å². The molecule has 0 radical (unpaired) electrons. The molecule has 0 fully saturated rings. The van der Waals surface area contributed by atoms with Gasteiger partial charge in [0.1, 0.15) is 5.82 Å². The minimum Gasteiger partial charge on any atom is -0.501 e. The number of carbonyl (C=O) groups excluding carboxylic acids is 1. The lowest BCUT2D eigenvalue weighted by Gasteiger charge is -2.26. The van der Waals surface area contributed by atoms with Crippen LogP contribution in [-0.4, -0.2) is 21.4 Å². The number of hydrogen-bond donors (Lipinski definition) is 2. The Morgan fingerprint density at radius 2 is 1.55 bits per heavy atom. The van der Waals surface area contributed by atoms with E-state index < -0.39 is 23.1 Å². The molecule has 1 heterocycles. The SMILES string of the molecule is CC(c1nc(C=O)c(O)c(=O)[nH]1)C(c1ccccc1C#N)c1ccccc1C#N. The maximum Gasteiger partial charge on any atom is 0.293 e. The summed E-state index contributed by atoms with van der Waals surface area (Å²) in [7, 11) is 0. The highest BCUT2D eigenvalue weighted by molar-refractivity contribution is 5.75. The Kier molecular flexibility index (Phi) is 5.52. The van der Waals surface area contributed by atoms with E-state index in [9.17, 15) is 25.2 Å². The molecule has 7 heteroatoms. The maximum atomic E-state index is 12.1. The number of rotatable bonds is 5. The van der Waals surface area contributed by atoms with Gasteiger partial charge < -0.3 is 10.1 Å². The first-order chi connectivity index (χ1) is 14.0. The highest BCUT2D eigenvalue weighted by atomic mass is 16.3. The van der Waals surface area contributed by atoms with Crippen LogP contribution in [0.3, 0.4) is 0 Å². The van der Waals surface area contributed by atoms with Crippen LogP contribution in [0.25, 0.3) is 0 Å². The Morgan fingerprint density at radius 1 is 1.03 bits per heavy atom. The normalized spacial score (nSPS) is 11.4. The molecular weight excluding hydrogens is 368 g/mol. The highest BCUT2D eigenvalue weighted by Gasteiger charge is 2.29. The van der Waals surface area contributed by atoms with Crippen LogP contribution in [-0.2, 0) is 0 Å². The van der Waals surface area contributed by atoms with E-state index in [0.29, 0.717) is 28.5 Å². The Bertz CT molecular complexity index is 1160. The van der Waals surface area contributed by atoms with Crippen LogP contribution in [0.5, 0.6) is 5.75 Å². The van der Waals surface area contributed by atoms with E-state index in [4.69, 9.17) is 0 Å². The van der Waals surface area contributed by atoms with E-state index in [1.165, 1.54) is 0 Å². The molecule has 0 bridgehead atoms. The average molecular weight is 384 g/mol. The summed E-state index contributed by atoms with van der Waals surface area (Å²) in [5.41, 5.74) is 0.978. The average Bonchev–Trinajstić information content (AvgIpc) is 2.76. The number of aromatic amines is 1. The standard InChI is InChI=1S/C22H16N4O3/c1-13(21-25-18(12-27)20(28)22(29)26-21)19(16-8-4-2-6-14(16)10-23)17-9-5-3-7-15(17)11-24/h2-9,12-13,19,28H,1H3,(H,25,26,29). The predicted molar refractivity (Wildman–Crippen MR) is 104 cm³/mol. The number of H-pyrrole nitrogens is 1. The number of nitrogens with one attached hydrogen (secondary N) is 1. The second-order valence-corrected chi connectivity index (χ2v) is 6.47. The van der Waals surface area contributed by atoms with Gasteiger partial charge in [-0.05, 0) is 23.3 Å². The van der Waals surface area contributed by atoms with Gasteiger partial charge in [-0.1, -0.05) is 43.3 Å². The molecule has 0 saturated carbocycles. The molecule has 0 saturated heterocycles. The number of aromatic nitrogens is 2. The fourth-order valence-corrected chi connectivity index (χ4v) is 3.40. The topological polar surface area (TPSA) is 131 Å². The number of aromatic hydroxyl groups is 1. The Balaban J connectivity index is 2.28. The van der Waals surface area contributed by atoms with Gasteiger partial charge in [0.2, 0.25) is 5.75 Å². The Morgan fingerprint density at radius 3 is 2.03 bits per heavy atom. The van der Waals surface area contributed by atoms with Crippen molar-refractivity contribution in [3.05, 3.63) is 92.7 Å². The van der Waals surface area contributed by atoms with E-state index in [2.05, 4.69) is 22.1 Å². The molecule has 3 aromatic rings. The van der Waals surface area contributed by atoms with Crippen molar-refractivity contribution in [3.63, 3.8) is 0 Å². The summed E-state index contributed by atoms with van der Waals surface area (Å²) >= 11 is 0. The molecule has 1 aromatic heterocycles. The minimum absolute atomic E-state index is 0.167. The van der Waals surface area contributed by atoms with Gasteiger partial charge in [-0.3, -0.25) is 9.59 Å². The number of nitriles is 2. The monoisotopic (exact) mass is 384 g/mol. The number of nitrogens with zero attached hydrogens (tertiary/aromatic N) is 3. The molecule has 0 aliphatic heterocycles. The fraction of sp³-hybridized carbons (Fsp3) is 0.136. The lowest BCUT2D eigenvalue weighted by molar-refractivity contribution is 0.111. The van der Waals surface area contributed by atoms with Gasteiger partial charge in [0.25, 0.3) is 5.56 Å². The summed E-state index contributed by atoms with van der Waals surface area (Å²) in [6.07, 6.45) is 0.308. The van der Waals surface area contributed by atoms with Crippen LogP contribution in [0.4, 0.5) is 0 Å². The summed E-state index contributed by atoms with van der Waals surface area (Å²) in [5.74, 6) is -1.61. The smallest absolute Gasteiger partial charge is 0.293 e. The predicted octanol–water partition coefficient (Wildman–Crippen LogP) is 2.97. The van der Waals surface area contributed by atoms with Crippen LogP contribution in [0.2, 0.25) is 0 Å². The third kappa shape index (κ3) is 3.62. The molecule has 7 nitrogen and oxygen atoms in total. The van der Waals surface area contributed by atoms with Gasteiger partial charge in [0.15, 0.2) is 12.0 Å². The first kappa shape index (κ1) is 19.5. The molecule has 2 aromatic carbocycles. The first-order valence-electron chi connectivity index (χ1n) is 8.78. The van der Waals surface area contributed by atoms with Crippen molar-refractivity contribution in [2.24, 2.45) is 0 Å². The van der Waals surface area contributed by atoms with Crippen molar-refractivity contribution in [2.45, 2.75) is 18.8 Å². The van der Waals surface area contributed by atoms with Crippen molar-refractivity contribution in [2.75, 3.05) is 0 Å². The Hall–Kier alpha value is -4.23. The lowest BCUT2D eigenvalue weighted by atomic mass is 9.78. The second kappa shape index (κ2) is 8.20. The van der Waals surface area contributed by atoms with Crippen LogP contribution in [0.1, 0.15) is 57.3 Å². The molecular formula is C22H16N4O3. The Labute approximate surface area is 166 Å². The molecule has 0 aliphatic rings. The molecule has 2 N–H and O–H groups in total. The number of aldehydes is 1. The van der Waals surface area contributed by atoms with Gasteiger partial charge in [-0.25, -0.2) is 4.98 Å². The van der Waals surface area contributed by atoms with E-state index in [1.807, 2.05) is 0 Å². The van der Waals surface area contributed by atoms with E-state index in [-0.39, 0.29) is 11.5 Å². The van der Waals surface area contributed by atoms with Gasteiger partial charge in [-0.15, -0.1) is 0 Å². The third-order valence-corrected chi connectivity index (χ3v) is 4.82. The van der Waals surface area contributed by atoms with Crippen LogP contribution in [0.15, 0.2) is 53.3 Å². The fourth-order valence-electron chi connectivity index (χ4n) is 3.40. The minimum atomic E-state index is -0.829. The van der Waals surface area contributed by atoms with E-state index in [0.717, 1.165) is 0 Å². The number of carbonyl (C=O) groups is 1. The molecule has 0 amide bonds. The van der Waals surface area contributed by atoms with Gasteiger partial charge in [0, 0.05) is 11.8 Å². The molecule has 0 aliphatic carbocycles. The summed E-state index contributed by atoms with van der Waals surface area (Å²) in [4.78, 5) is 29.9. The summed E-state index contributed by atoms with van der Waals surface area (Å²) in [6, 6.07) is 18.3. The van der Waals surface area contributed by atoms with E-state index in [1.54, 1.807) is 55.5 Å². The molecule has 3 rings (SSSR count). The van der Waals surface area contributed by atoms with Crippen molar-refractivity contribution in [1.82, 2.24) is 9.97 Å². The van der Waals surface area contributed by atoms with Crippen molar-refractivity contribution in [3.8, 4) is 17.9 Å². The van der Waals surface area contributed by atoms with Crippen molar-refractivity contribution in [1.29, 1.82) is 10.5 Å². The second-order valence-electron chi connectivity index (χ2n) is 6.47. The van der Waals surface area contributed by atoms with E-state index >= 15 is 0 Å². The molecule has 142 valence electrons. The zero-order valence-corrected chi connectivity index (χ0v) is 15.5. The number of hydrogen-bond acceptors (Lipinski definition) is 6. The van der Waals surface area contributed by atoms with Crippen molar-refractivity contribution < 1.29 is 9.90 Å². The first-order valence-corrected chi connectivity index (χ1v) is 8.78. The van der Waals surface area contributed by atoms with Crippen LogP contribution >= 0.6 is 0 Å². The van der Waals surface area contributed by atoms with Crippen LogP contribution in [0, 0.1) is 22.7 Å². The highest BCUT2D eigenvalue weighted by Crippen LogP contribution is 2.39. The van der Waals surface area contributed by atoms with Crippen LogP contribution < -0.4 is 5.56 Å². The van der Waals surface area contributed by atoms with Gasteiger partial charge >= 0.3 is 0 Å². The summed E-state index contributed by atoms with van der Waals surface area (Å²) < 4.78 is 0. The van der Waals surface area contributed by atoms with Gasteiger partial charge in [0.05, 0.1) is 23.3 Å². The number of benzene rings is 2. The summed E-state index contributed by atoms with van der Waals surface area (Å²) in [6.45, 7) is 1.77. The molecule has 29 heavy (non-hydrogen) atoms. The zero-order valence-electron chi connectivity index (χ0n) is 15.5. The quantitative estimate of drug-likeness (QED) is 0.650. The molecule has 1 unspecified atom stereocenters. The zero-order chi connectivity index (χ0) is 21.0. The molecule has 1 atom stereocenters. The van der Waals surface area contributed by atoms with Crippen molar-refractivity contribution >= 4 is 6.29 Å².